The van der Waals surface area contributed by atoms with Crippen molar-refractivity contribution in [2.24, 2.45) is 7.05 Å². The lowest BCUT2D eigenvalue weighted by Crippen LogP contribution is -2.24. The summed E-state index contributed by atoms with van der Waals surface area (Å²) in [5.41, 5.74) is 4.86. The first kappa shape index (κ1) is 13.7. The molecule has 0 aliphatic carbocycles. The molecule has 19 heavy (non-hydrogen) atoms. The summed E-state index contributed by atoms with van der Waals surface area (Å²) in [5, 5.41) is 7.97. The minimum atomic E-state index is 0.308. The summed E-state index contributed by atoms with van der Waals surface area (Å²) in [5.74, 6) is 0. The van der Waals surface area contributed by atoms with Crippen molar-refractivity contribution in [2.75, 3.05) is 6.54 Å². The largest absolute Gasteiger partial charge is 0.310 e. The first-order valence-electron chi connectivity index (χ1n) is 6.75. The maximum atomic E-state index is 4.42. The number of likely N-dealkylation sites (N-methyl/N-ethyl adjacent to an activating group) is 1. The Balaban J connectivity index is 2.26. The Bertz CT molecular complexity index is 545. The zero-order valence-corrected chi connectivity index (χ0v) is 12.1. The molecule has 4 heteroatoms. The van der Waals surface area contributed by atoms with E-state index in [-0.39, 0.29) is 0 Å². The molecule has 2 aromatic heterocycles. The van der Waals surface area contributed by atoms with Gasteiger partial charge in [-0.25, -0.2) is 0 Å². The highest BCUT2D eigenvalue weighted by atomic mass is 15.3. The summed E-state index contributed by atoms with van der Waals surface area (Å²) in [7, 11) is 2.00. The number of aryl methyl sites for hydroxylation is 3. The van der Waals surface area contributed by atoms with E-state index in [0.29, 0.717) is 6.04 Å². The molecule has 0 radical (unpaired) electrons. The highest BCUT2D eigenvalue weighted by molar-refractivity contribution is 5.27. The third-order valence-electron chi connectivity index (χ3n) is 3.40. The van der Waals surface area contributed by atoms with E-state index in [2.05, 4.69) is 41.4 Å². The van der Waals surface area contributed by atoms with Crippen LogP contribution in [0.4, 0.5) is 0 Å². The van der Waals surface area contributed by atoms with Crippen LogP contribution < -0.4 is 5.32 Å². The van der Waals surface area contributed by atoms with Crippen molar-refractivity contribution in [1.29, 1.82) is 0 Å². The first-order chi connectivity index (χ1) is 9.11. The number of hydrogen-bond acceptors (Lipinski definition) is 3. The van der Waals surface area contributed by atoms with Crippen molar-refractivity contribution in [1.82, 2.24) is 20.1 Å². The summed E-state index contributed by atoms with van der Waals surface area (Å²) in [6.45, 7) is 7.23. The molecule has 0 fully saturated rings. The lowest BCUT2D eigenvalue weighted by Gasteiger charge is -2.20. The standard InChI is InChI=1S/C15H22N4/c1-5-17-15(14-6-7-16-10-11(14)2)9-13-8-12(3)18-19(13)4/h6-8,10,15,17H,5,9H2,1-4H3. The fourth-order valence-electron chi connectivity index (χ4n) is 2.48. The second-order valence-corrected chi connectivity index (χ2v) is 4.95. The SMILES string of the molecule is CCNC(Cc1cc(C)nn1C)c1ccncc1C. The molecule has 0 bridgehead atoms. The van der Waals surface area contributed by atoms with Crippen LogP contribution in [-0.4, -0.2) is 21.3 Å². The number of pyridine rings is 1. The van der Waals surface area contributed by atoms with Crippen LogP contribution >= 0.6 is 0 Å². The molecule has 0 aliphatic heterocycles. The number of rotatable bonds is 5. The lowest BCUT2D eigenvalue weighted by molar-refractivity contribution is 0.526. The van der Waals surface area contributed by atoms with Crippen LogP contribution in [-0.2, 0) is 13.5 Å². The number of nitrogens with zero attached hydrogens (tertiary/aromatic N) is 3. The zero-order valence-electron chi connectivity index (χ0n) is 12.1. The van der Waals surface area contributed by atoms with Crippen LogP contribution in [0, 0.1) is 13.8 Å². The number of nitrogens with one attached hydrogen (secondary N) is 1. The summed E-state index contributed by atoms with van der Waals surface area (Å²) < 4.78 is 1.97. The molecule has 1 unspecified atom stereocenters. The van der Waals surface area contributed by atoms with Crippen LogP contribution in [0.25, 0.3) is 0 Å². The van der Waals surface area contributed by atoms with Crippen molar-refractivity contribution in [2.45, 2.75) is 33.2 Å². The van der Waals surface area contributed by atoms with Gasteiger partial charge >= 0.3 is 0 Å². The van der Waals surface area contributed by atoms with Gasteiger partial charge in [0, 0.05) is 37.6 Å². The smallest absolute Gasteiger partial charge is 0.0596 e. The third kappa shape index (κ3) is 3.20. The van der Waals surface area contributed by atoms with E-state index in [1.165, 1.54) is 16.8 Å². The van der Waals surface area contributed by atoms with Crippen LogP contribution in [0.2, 0.25) is 0 Å². The minimum Gasteiger partial charge on any atom is -0.310 e. The number of hydrogen-bond donors (Lipinski definition) is 1. The molecule has 2 aromatic rings. The van der Waals surface area contributed by atoms with E-state index in [9.17, 15) is 0 Å². The summed E-state index contributed by atoms with van der Waals surface area (Å²) in [4.78, 5) is 4.17. The molecule has 0 aliphatic rings. The molecule has 2 heterocycles. The quantitative estimate of drug-likeness (QED) is 0.895. The van der Waals surface area contributed by atoms with Gasteiger partial charge in [-0.15, -0.1) is 0 Å². The lowest BCUT2D eigenvalue weighted by atomic mass is 9.99. The molecule has 0 saturated carbocycles. The van der Waals surface area contributed by atoms with Crippen molar-refractivity contribution >= 4 is 0 Å². The van der Waals surface area contributed by atoms with Crippen molar-refractivity contribution < 1.29 is 0 Å². The highest BCUT2D eigenvalue weighted by Crippen LogP contribution is 2.21. The van der Waals surface area contributed by atoms with E-state index in [4.69, 9.17) is 0 Å². The van der Waals surface area contributed by atoms with E-state index >= 15 is 0 Å². The van der Waals surface area contributed by atoms with Crippen LogP contribution in [0.15, 0.2) is 24.5 Å². The summed E-state index contributed by atoms with van der Waals surface area (Å²) >= 11 is 0. The van der Waals surface area contributed by atoms with Gasteiger partial charge in [0.25, 0.3) is 0 Å². The fourth-order valence-corrected chi connectivity index (χ4v) is 2.48. The second-order valence-electron chi connectivity index (χ2n) is 4.95. The van der Waals surface area contributed by atoms with Gasteiger partial charge in [0.2, 0.25) is 0 Å². The Morgan fingerprint density at radius 1 is 1.37 bits per heavy atom. The van der Waals surface area contributed by atoms with Crippen molar-refractivity contribution in [3.8, 4) is 0 Å². The van der Waals surface area contributed by atoms with Gasteiger partial charge in [-0.2, -0.15) is 5.10 Å². The predicted molar refractivity (Wildman–Crippen MR) is 77.0 cm³/mol. The van der Waals surface area contributed by atoms with Crippen molar-refractivity contribution in [3.05, 3.63) is 47.0 Å². The normalized spacial score (nSPS) is 12.6. The van der Waals surface area contributed by atoms with E-state index < -0.39 is 0 Å². The zero-order chi connectivity index (χ0) is 13.8. The van der Waals surface area contributed by atoms with Gasteiger partial charge in [-0.3, -0.25) is 9.67 Å². The Hall–Kier alpha value is -1.68. The van der Waals surface area contributed by atoms with Crippen molar-refractivity contribution in [3.63, 3.8) is 0 Å². The highest BCUT2D eigenvalue weighted by Gasteiger charge is 2.15. The monoisotopic (exact) mass is 258 g/mol. The molecule has 0 spiro atoms. The predicted octanol–water partition coefficient (Wildman–Crippen LogP) is 2.33. The minimum absolute atomic E-state index is 0.308. The molecule has 4 nitrogen and oxygen atoms in total. The Kier molecular flexibility index (Phi) is 4.32. The molecular formula is C15H22N4. The average Bonchev–Trinajstić information content (AvgIpc) is 2.68. The summed E-state index contributed by atoms with van der Waals surface area (Å²) in [6, 6.07) is 4.56. The van der Waals surface area contributed by atoms with Crippen LogP contribution in [0.3, 0.4) is 0 Å². The van der Waals surface area contributed by atoms with E-state index in [1.807, 2.05) is 31.0 Å². The van der Waals surface area contributed by atoms with Crippen LogP contribution in [0.1, 0.15) is 35.5 Å². The molecule has 0 amide bonds. The molecule has 1 N–H and O–H groups in total. The Morgan fingerprint density at radius 2 is 2.16 bits per heavy atom. The van der Waals surface area contributed by atoms with E-state index in [0.717, 1.165) is 18.7 Å². The molecule has 0 saturated heterocycles. The topological polar surface area (TPSA) is 42.7 Å². The maximum Gasteiger partial charge on any atom is 0.0596 e. The van der Waals surface area contributed by atoms with Gasteiger partial charge in [-0.1, -0.05) is 6.92 Å². The van der Waals surface area contributed by atoms with Gasteiger partial charge in [0.05, 0.1) is 5.69 Å². The Morgan fingerprint density at radius 3 is 2.74 bits per heavy atom. The van der Waals surface area contributed by atoms with E-state index in [1.54, 1.807) is 0 Å². The molecule has 0 aromatic carbocycles. The Labute approximate surface area is 114 Å². The van der Waals surface area contributed by atoms with Crippen LogP contribution in [0.5, 0.6) is 0 Å². The molecule has 102 valence electrons. The van der Waals surface area contributed by atoms with Gasteiger partial charge in [0.1, 0.15) is 0 Å². The first-order valence-corrected chi connectivity index (χ1v) is 6.75. The third-order valence-corrected chi connectivity index (χ3v) is 3.40. The molecule has 2 rings (SSSR count). The number of aromatic nitrogens is 3. The fraction of sp³-hybridized carbons (Fsp3) is 0.467. The second kappa shape index (κ2) is 5.97. The molecule has 1 atom stereocenters. The summed E-state index contributed by atoms with van der Waals surface area (Å²) in [6.07, 6.45) is 4.73. The maximum absolute atomic E-state index is 4.42. The molecular weight excluding hydrogens is 236 g/mol. The average molecular weight is 258 g/mol. The van der Waals surface area contributed by atoms with Gasteiger partial charge < -0.3 is 5.32 Å². The van der Waals surface area contributed by atoms with Gasteiger partial charge in [0.15, 0.2) is 0 Å². The van der Waals surface area contributed by atoms with Gasteiger partial charge in [-0.05, 0) is 43.7 Å².